The van der Waals surface area contributed by atoms with Crippen LogP contribution in [-0.4, -0.2) is 25.1 Å². The Kier molecular flexibility index (Phi) is 3.53. The number of rotatable bonds is 4. The topological polar surface area (TPSA) is 80.7 Å². The molecule has 0 atom stereocenters. The van der Waals surface area contributed by atoms with Gasteiger partial charge >= 0.3 is 5.97 Å². The molecule has 0 saturated heterocycles. The second-order valence-electron chi connectivity index (χ2n) is 3.81. The highest BCUT2D eigenvalue weighted by atomic mass is 32.2. The van der Waals surface area contributed by atoms with Crippen molar-refractivity contribution in [3.63, 3.8) is 0 Å². The van der Waals surface area contributed by atoms with Crippen LogP contribution >= 0.6 is 0 Å². The van der Waals surface area contributed by atoms with Crippen LogP contribution in [0, 0.1) is 5.82 Å². The molecule has 0 unspecified atom stereocenters. The summed E-state index contributed by atoms with van der Waals surface area (Å²) in [4.78, 5) is 10.4. The molecule has 94 valence electrons. The molecule has 7 heteroatoms. The molecule has 0 heterocycles. The van der Waals surface area contributed by atoms with E-state index in [1.165, 1.54) is 0 Å². The molecule has 0 saturated carbocycles. The summed E-state index contributed by atoms with van der Waals surface area (Å²) in [5, 5.41) is 8.75. The van der Waals surface area contributed by atoms with E-state index < -0.39 is 27.5 Å². The van der Waals surface area contributed by atoms with Gasteiger partial charge in [0.15, 0.2) is 5.60 Å². The van der Waals surface area contributed by atoms with Crippen molar-refractivity contribution in [2.45, 2.75) is 24.3 Å². The first-order chi connectivity index (χ1) is 7.65. The standard InChI is InChI=1S/C10H11FO5S/c1-10(2,9(12)13)16-17(14,15)8-5-3-7(11)4-6-8/h3-6H,1-2H3,(H,12,13). The minimum absolute atomic E-state index is 0.298. The van der Waals surface area contributed by atoms with E-state index >= 15 is 0 Å². The fourth-order valence-electron chi connectivity index (χ4n) is 0.959. The fourth-order valence-corrected chi connectivity index (χ4v) is 2.14. The normalized spacial score (nSPS) is 12.4. The lowest BCUT2D eigenvalue weighted by atomic mass is 10.1. The maximum absolute atomic E-state index is 12.6. The third kappa shape index (κ3) is 3.24. The molecule has 0 aliphatic carbocycles. The van der Waals surface area contributed by atoms with E-state index in [0.717, 1.165) is 38.1 Å². The maximum Gasteiger partial charge on any atom is 0.336 e. The van der Waals surface area contributed by atoms with Crippen LogP contribution in [0.3, 0.4) is 0 Å². The molecule has 1 aromatic carbocycles. The SMILES string of the molecule is CC(C)(OS(=O)(=O)c1ccc(F)cc1)C(=O)O. The number of carboxylic acid groups (broad SMARTS) is 1. The molecule has 0 fully saturated rings. The quantitative estimate of drug-likeness (QED) is 0.829. The van der Waals surface area contributed by atoms with E-state index in [9.17, 15) is 17.6 Å². The highest BCUT2D eigenvalue weighted by Crippen LogP contribution is 2.20. The monoisotopic (exact) mass is 262 g/mol. The van der Waals surface area contributed by atoms with Gasteiger partial charge in [0, 0.05) is 0 Å². The van der Waals surface area contributed by atoms with Gasteiger partial charge in [-0.25, -0.2) is 13.4 Å². The van der Waals surface area contributed by atoms with Crippen molar-refractivity contribution in [1.29, 1.82) is 0 Å². The van der Waals surface area contributed by atoms with E-state index in [2.05, 4.69) is 4.18 Å². The molecular weight excluding hydrogens is 251 g/mol. The highest BCUT2D eigenvalue weighted by Gasteiger charge is 2.35. The van der Waals surface area contributed by atoms with Gasteiger partial charge in [0.1, 0.15) is 5.82 Å². The van der Waals surface area contributed by atoms with Crippen LogP contribution in [0.1, 0.15) is 13.8 Å². The van der Waals surface area contributed by atoms with Crippen molar-refractivity contribution in [3.05, 3.63) is 30.1 Å². The second kappa shape index (κ2) is 4.42. The first-order valence-electron chi connectivity index (χ1n) is 4.60. The van der Waals surface area contributed by atoms with Gasteiger partial charge in [-0.3, -0.25) is 0 Å². The molecule has 17 heavy (non-hydrogen) atoms. The van der Waals surface area contributed by atoms with Crippen LogP contribution in [-0.2, 0) is 19.1 Å². The summed E-state index contributed by atoms with van der Waals surface area (Å²) in [6, 6.07) is 3.90. The van der Waals surface area contributed by atoms with Gasteiger partial charge in [-0.15, -0.1) is 0 Å². The number of carbonyl (C=O) groups is 1. The third-order valence-corrected chi connectivity index (χ3v) is 3.42. The number of hydrogen-bond donors (Lipinski definition) is 1. The Hall–Kier alpha value is -1.47. The van der Waals surface area contributed by atoms with Gasteiger partial charge in [0.05, 0.1) is 4.90 Å². The second-order valence-corrected chi connectivity index (χ2v) is 5.35. The third-order valence-electron chi connectivity index (χ3n) is 1.94. The average Bonchev–Trinajstić information content (AvgIpc) is 2.16. The first-order valence-corrected chi connectivity index (χ1v) is 6.00. The molecule has 0 spiro atoms. The zero-order valence-electron chi connectivity index (χ0n) is 9.18. The van der Waals surface area contributed by atoms with E-state index in [1.807, 2.05) is 0 Å². The van der Waals surface area contributed by atoms with Crippen LogP contribution < -0.4 is 0 Å². The summed E-state index contributed by atoms with van der Waals surface area (Å²) >= 11 is 0. The van der Waals surface area contributed by atoms with Crippen molar-refractivity contribution < 1.29 is 26.9 Å². The number of aliphatic carboxylic acids is 1. The Morgan fingerprint density at radius 2 is 1.76 bits per heavy atom. The summed E-state index contributed by atoms with van der Waals surface area (Å²) < 4.78 is 40.5. The first kappa shape index (κ1) is 13.6. The minimum Gasteiger partial charge on any atom is -0.479 e. The zero-order chi connectivity index (χ0) is 13.3. The van der Waals surface area contributed by atoms with Crippen LogP contribution in [0.5, 0.6) is 0 Å². The van der Waals surface area contributed by atoms with Crippen molar-refractivity contribution in [3.8, 4) is 0 Å². The van der Waals surface area contributed by atoms with Crippen molar-refractivity contribution in [2.24, 2.45) is 0 Å². The number of carboxylic acids is 1. The van der Waals surface area contributed by atoms with Crippen LogP contribution in [0.4, 0.5) is 4.39 Å². The van der Waals surface area contributed by atoms with Crippen LogP contribution in [0.25, 0.3) is 0 Å². The van der Waals surface area contributed by atoms with Crippen molar-refractivity contribution in [1.82, 2.24) is 0 Å². The van der Waals surface area contributed by atoms with E-state index in [0.29, 0.717) is 0 Å². The minimum atomic E-state index is -4.23. The van der Waals surface area contributed by atoms with Crippen LogP contribution in [0.2, 0.25) is 0 Å². The smallest absolute Gasteiger partial charge is 0.336 e. The van der Waals surface area contributed by atoms with Gasteiger partial charge in [0.2, 0.25) is 0 Å². The number of benzene rings is 1. The van der Waals surface area contributed by atoms with Gasteiger partial charge in [-0.05, 0) is 38.1 Å². The molecule has 1 N–H and O–H groups in total. The molecule has 0 aliphatic heterocycles. The average molecular weight is 262 g/mol. The molecule has 1 rings (SSSR count). The summed E-state index contributed by atoms with van der Waals surface area (Å²) in [5.74, 6) is -2.01. The van der Waals surface area contributed by atoms with Gasteiger partial charge in [0.25, 0.3) is 10.1 Å². The molecule has 0 amide bonds. The zero-order valence-corrected chi connectivity index (χ0v) is 9.99. The molecule has 1 aromatic rings. The highest BCUT2D eigenvalue weighted by molar-refractivity contribution is 7.86. The van der Waals surface area contributed by atoms with E-state index in [1.54, 1.807) is 0 Å². The Morgan fingerprint density at radius 1 is 1.29 bits per heavy atom. The van der Waals surface area contributed by atoms with Crippen molar-refractivity contribution in [2.75, 3.05) is 0 Å². The largest absolute Gasteiger partial charge is 0.479 e. The molecular formula is C10H11FO5S. The lowest BCUT2D eigenvalue weighted by Crippen LogP contribution is -2.37. The Morgan fingerprint density at radius 3 is 2.18 bits per heavy atom. The van der Waals surface area contributed by atoms with Crippen molar-refractivity contribution >= 4 is 16.1 Å². The maximum atomic E-state index is 12.6. The molecule has 0 aromatic heterocycles. The van der Waals surface area contributed by atoms with Gasteiger partial charge < -0.3 is 5.11 Å². The fraction of sp³-hybridized carbons (Fsp3) is 0.300. The molecule has 5 nitrogen and oxygen atoms in total. The lowest BCUT2D eigenvalue weighted by Gasteiger charge is -2.19. The predicted octanol–water partition coefficient (Wildman–Crippen LogP) is 1.39. The molecule has 0 radical (unpaired) electrons. The Balaban J connectivity index is 3.05. The Bertz CT molecular complexity index is 518. The summed E-state index contributed by atoms with van der Waals surface area (Å²) in [6.45, 7) is 2.22. The van der Waals surface area contributed by atoms with Gasteiger partial charge in [-0.2, -0.15) is 8.42 Å². The summed E-state index contributed by atoms with van der Waals surface area (Å²) in [5.41, 5.74) is -1.88. The van der Waals surface area contributed by atoms with E-state index in [4.69, 9.17) is 5.11 Å². The number of halogens is 1. The Labute approximate surface area is 98.0 Å². The summed E-state index contributed by atoms with van der Waals surface area (Å²) in [6.07, 6.45) is 0. The predicted molar refractivity (Wildman–Crippen MR) is 56.4 cm³/mol. The van der Waals surface area contributed by atoms with Crippen LogP contribution in [0.15, 0.2) is 29.2 Å². The number of hydrogen-bond acceptors (Lipinski definition) is 4. The summed E-state index contributed by atoms with van der Waals surface area (Å²) in [7, 11) is -4.23. The molecule has 0 bridgehead atoms. The lowest BCUT2D eigenvalue weighted by molar-refractivity contribution is -0.151. The molecule has 0 aliphatic rings. The van der Waals surface area contributed by atoms with Gasteiger partial charge in [-0.1, -0.05) is 0 Å². The van der Waals surface area contributed by atoms with E-state index in [-0.39, 0.29) is 4.90 Å².